The zero-order chi connectivity index (χ0) is 15.2. The second-order valence-electron chi connectivity index (χ2n) is 5.93. The molecule has 1 aromatic heterocycles. The smallest absolute Gasteiger partial charge is 0.318 e. The Morgan fingerprint density at radius 1 is 1.14 bits per heavy atom. The van der Waals surface area contributed by atoms with Crippen LogP contribution in [0.3, 0.4) is 0 Å². The summed E-state index contributed by atoms with van der Waals surface area (Å²) in [5, 5.41) is 8.33. The summed E-state index contributed by atoms with van der Waals surface area (Å²) in [6.07, 6.45) is 3.03. The van der Waals surface area contributed by atoms with E-state index in [-0.39, 0.29) is 6.10 Å². The van der Waals surface area contributed by atoms with Gasteiger partial charge in [0.05, 0.1) is 19.3 Å². The van der Waals surface area contributed by atoms with E-state index in [2.05, 4.69) is 26.9 Å². The van der Waals surface area contributed by atoms with Crippen molar-refractivity contribution < 1.29 is 13.9 Å². The SMILES string of the molecule is CCCc1nnc(N2CCCO[C@H](CN3CCOCC3)C2)o1. The molecule has 1 atom stereocenters. The van der Waals surface area contributed by atoms with Crippen molar-refractivity contribution in [1.29, 1.82) is 0 Å². The minimum absolute atomic E-state index is 0.183. The van der Waals surface area contributed by atoms with Crippen LogP contribution in [0.4, 0.5) is 6.01 Å². The van der Waals surface area contributed by atoms with Gasteiger partial charge in [0.15, 0.2) is 0 Å². The molecule has 0 unspecified atom stereocenters. The maximum atomic E-state index is 6.00. The van der Waals surface area contributed by atoms with E-state index in [9.17, 15) is 0 Å². The summed E-state index contributed by atoms with van der Waals surface area (Å²) in [5.41, 5.74) is 0. The van der Waals surface area contributed by atoms with Crippen molar-refractivity contribution >= 4 is 6.01 Å². The zero-order valence-electron chi connectivity index (χ0n) is 13.4. The summed E-state index contributed by atoms with van der Waals surface area (Å²) in [6, 6.07) is 0.640. The highest BCUT2D eigenvalue weighted by atomic mass is 16.5. The molecule has 3 rings (SSSR count). The summed E-state index contributed by atoms with van der Waals surface area (Å²) >= 11 is 0. The number of ether oxygens (including phenoxy) is 2. The quantitative estimate of drug-likeness (QED) is 0.802. The number of nitrogens with zero attached hydrogens (tertiary/aromatic N) is 4. The fourth-order valence-corrected chi connectivity index (χ4v) is 2.94. The van der Waals surface area contributed by atoms with E-state index in [1.165, 1.54) is 0 Å². The molecule has 3 heterocycles. The summed E-state index contributed by atoms with van der Waals surface area (Å²) in [4.78, 5) is 4.58. The predicted molar refractivity (Wildman–Crippen MR) is 82.1 cm³/mol. The topological polar surface area (TPSA) is 63.9 Å². The van der Waals surface area contributed by atoms with Gasteiger partial charge >= 0.3 is 6.01 Å². The van der Waals surface area contributed by atoms with Gasteiger partial charge in [-0.3, -0.25) is 4.90 Å². The minimum atomic E-state index is 0.183. The van der Waals surface area contributed by atoms with Crippen molar-refractivity contribution in [3.63, 3.8) is 0 Å². The van der Waals surface area contributed by atoms with E-state index in [0.29, 0.717) is 6.01 Å². The van der Waals surface area contributed by atoms with Crippen LogP contribution in [0.2, 0.25) is 0 Å². The van der Waals surface area contributed by atoms with Crippen LogP contribution >= 0.6 is 0 Å². The second-order valence-corrected chi connectivity index (χ2v) is 5.93. The van der Waals surface area contributed by atoms with Crippen LogP contribution < -0.4 is 4.90 Å². The van der Waals surface area contributed by atoms with Gasteiger partial charge < -0.3 is 18.8 Å². The maximum Gasteiger partial charge on any atom is 0.318 e. The van der Waals surface area contributed by atoms with Crippen molar-refractivity contribution in [3.8, 4) is 0 Å². The normalized spacial score (nSPS) is 24.4. The average Bonchev–Trinajstić information content (AvgIpc) is 2.88. The van der Waals surface area contributed by atoms with E-state index < -0.39 is 0 Å². The molecule has 2 saturated heterocycles. The lowest BCUT2D eigenvalue weighted by molar-refractivity contribution is -0.00519. The second kappa shape index (κ2) is 7.89. The lowest BCUT2D eigenvalue weighted by atomic mass is 10.3. The number of hydrogen-bond donors (Lipinski definition) is 0. The molecule has 0 radical (unpaired) electrons. The third kappa shape index (κ3) is 4.18. The first-order valence-corrected chi connectivity index (χ1v) is 8.34. The number of hydrogen-bond acceptors (Lipinski definition) is 7. The average molecular weight is 310 g/mol. The van der Waals surface area contributed by atoms with Crippen LogP contribution in [-0.2, 0) is 15.9 Å². The Morgan fingerprint density at radius 3 is 2.82 bits per heavy atom. The first-order chi connectivity index (χ1) is 10.8. The monoisotopic (exact) mass is 310 g/mol. The van der Waals surface area contributed by atoms with Gasteiger partial charge in [-0.2, -0.15) is 0 Å². The van der Waals surface area contributed by atoms with Gasteiger partial charge in [0.1, 0.15) is 0 Å². The standard InChI is InChI=1S/C15H26N4O3/c1-2-4-14-16-17-15(22-14)19-5-3-8-21-13(12-19)11-18-6-9-20-10-7-18/h13H,2-12H2,1H3/t13-/m1/s1. The van der Waals surface area contributed by atoms with Gasteiger partial charge in [-0.15, -0.1) is 5.10 Å². The zero-order valence-corrected chi connectivity index (χ0v) is 13.4. The van der Waals surface area contributed by atoms with Crippen molar-refractivity contribution in [2.45, 2.75) is 32.3 Å². The van der Waals surface area contributed by atoms with Gasteiger partial charge in [0.2, 0.25) is 5.89 Å². The first-order valence-electron chi connectivity index (χ1n) is 8.34. The molecule has 7 nitrogen and oxygen atoms in total. The van der Waals surface area contributed by atoms with Gasteiger partial charge in [-0.1, -0.05) is 12.0 Å². The van der Waals surface area contributed by atoms with Gasteiger partial charge in [-0.05, 0) is 12.8 Å². The predicted octanol–water partition coefficient (Wildman–Crippen LogP) is 0.950. The molecule has 124 valence electrons. The Bertz CT molecular complexity index is 448. The van der Waals surface area contributed by atoms with Crippen molar-refractivity contribution in [1.82, 2.24) is 15.1 Å². The summed E-state index contributed by atoms with van der Waals surface area (Å²) in [7, 11) is 0. The van der Waals surface area contributed by atoms with Crippen molar-refractivity contribution in [2.75, 3.05) is 57.4 Å². The highest BCUT2D eigenvalue weighted by Crippen LogP contribution is 2.17. The number of anilines is 1. The Labute approximate surface area is 131 Å². The molecule has 0 aliphatic carbocycles. The van der Waals surface area contributed by atoms with Crippen LogP contribution in [0, 0.1) is 0 Å². The van der Waals surface area contributed by atoms with Crippen LogP contribution in [0.25, 0.3) is 0 Å². The first kappa shape index (κ1) is 15.7. The van der Waals surface area contributed by atoms with Crippen LogP contribution in [0.15, 0.2) is 4.42 Å². The summed E-state index contributed by atoms with van der Waals surface area (Å²) in [5.74, 6) is 0.729. The Hall–Kier alpha value is -1.18. The van der Waals surface area contributed by atoms with Crippen LogP contribution in [0.1, 0.15) is 25.7 Å². The fraction of sp³-hybridized carbons (Fsp3) is 0.867. The number of morpholine rings is 1. The van der Waals surface area contributed by atoms with E-state index >= 15 is 0 Å². The molecule has 0 bridgehead atoms. The highest BCUT2D eigenvalue weighted by molar-refractivity contribution is 5.24. The maximum absolute atomic E-state index is 6.00. The molecule has 7 heteroatoms. The largest absolute Gasteiger partial charge is 0.408 e. The molecule has 0 spiro atoms. The van der Waals surface area contributed by atoms with Crippen molar-refractivity contribution in [2.24, 2.45) is 0 Å². The molecule has 0 amide bonds. The number of aryl methyl sites for hydroxylation is 1. The fourth-order valence-electron chi connectivity index (χ4n) is 2.94. The molecular weight excluding hydrogens is 284 g/mol. The van der Waals surface area contributed by atoms with E-state index in [0.717, 1.165) is 77.7 Å². The van der Waals surface area contributed by atoms with E-state index in [1.54, 1.807) is 0 Å². The third-order valence-corrected chi connectivity index (χ3v) is 4.11. The lowest BCUT2D eigenvalue weighted by Gasteiger charge is -2.31. The Morgan fingerprint density at radius 2 is 2.00 bits per heavy atom. The lowest BCUT2D eigenvalue weighted by Crippen LogP contribution is -2.45. The van der Waals surface area contributed by atoms with Gasteiger partial charge in [-0.25, -0.2) is 0 Å². The van der Waals surface area contributed by atoms with E-state index in [4.69, 9.17) is 13.9 Å². The van der Waals surface area contributed by atoms with E-state index in [1.807, 2.05) is 0 Å². The summed E-state index contributed by atoms with van der Waals surface area (Å²) in [6.45, 7) is 9.18. The van der Waals surface area contributed by atoms with Crippen LogP contribution in [0.5, 0.6) is 0 Å². The number of rotatable bonds is 5. The third-order valence-electron chi connectivity index (χ3n) is 4.11. The molecule has 0 aromatic carbocycles. The van der Waals surface area contributed by atoms with Crippen molar-refractivity contribution in [3.05, 3.63) is 5.89 Å². The molecular formula is C15H26N4O3. The Kier molecular flexibility index (Phi) is 5.64. The molecule has 1 aromatic rings. The highest BCUT2D eigenvalue weighted by Gasteiger charge is 2.25. The molecule has 2 aliphatic heterocycles. The minimum Gasteiger partial charge on any atom is -0.408 e. The van der Waals surface area contributed by atoms with Gasteiger partial charge in [0, 0.05) is 45.8 Å². The Balaban J connectivity index is 1.58. The van der Waals surface area contributed by atoms with Crippen LogP contribution in [-0.4, -0.2) is 73.7 Å². The molecule has 2 aliphatic rings. The molecule has 0 saturated carbocycles. The molecule has 0 N–H and O–H groups in total. The molecule has 22 heavy (non-hydrogen) atoms. The molecule has 2 fully saturated rings. The summed E-state index contributed by atoms with van der Waals surface area (Å²) < 4.78 is 17.2. The number of aromatic nitrogens is 2. The van der Waals surface area contributed by atoms with Gasteiger partial charge in [0.25, 0.3) is 0 Å².